The maximum atomic E-state index is 13.6. The maximum absolute atomic E-state index is 13.6. The van der Waals surface area contributed by atoms with E-state index in [4.69, 9.17) is 0 Å². The molecule has 0 saturated carbocycles. The van der Waals surface area contributed by atoms with Gasteiger partial charge < -0.3 is 10.2 Å². The molecule has 1 N–H and O–H groups in total. The molecule has 0 unspecified atom stereocenters. The smallest absolute Gasteiger partial charge is 0.244 e. The fourth-order valence-electron chi connectivity index (χ4n) is 3.81. The van der Waals surface area contributed by atoms with E-state index in [1.165, 1.54) is 17.9 Å². The second kappa shape index (κ2) is 13.2. The lowest BCUT2D eigenvalue weighted by Gasteiger charge is -2.33. The van der Waals surface area contributed by atoms with Gasteiger partial charge in [-0.15, -0.1) is 0 Å². The largest absolute Gasteiger partial charge is 0.354 e. The predicted molar refractivity (Wildman–Crippen MR) is 142 cm³/mol. The SMILES string of the molecule is CC[C@@H](C(=O)NCC(C)C)N(CCc1ccccc1)C(=O)CN(c1cccc(C(C)=O)c1)S(C)(=O)=O. The molecule has 0 fully saturated rings. The van der Waals surface area contributed by atoms with Gasteiger partial charge in [0.25, 0.3) is 0 Å². The van der Waals surface area contributed by atoms with Crippen LogP contribution in [0.1, 0.15) is 50.0 Å². The molecule has 0 aliphatic rings. The Balaban J connectivity index is 2.38. The fourth-order valence-corrected chi connectivity index (χ4v) is 4.65. The molecule has 2 amide bonds. The number of nitrogens with zero attached hydrogens (tertiary/aromatic N) is 2. The summed E-state index contributed by atoms with van der Waals surface area (Å²) in [7, 11) is -3.86. The quantitative estimate of drug-likeness (QED) is 0.413. The number of nitrogens with one attached hydrogen (secondary N) is 1. The Bertz CT molecular complexity index is 1150. The van der Waals surface area contributed by atoms with Gasteiger partial charge in [-0.05, 0) is 43.4 Å². The van der Waals surface area contributed by atoms with Gasteiger partial charge in [0.05, 0.1) is 11.9 Å². The molecule has 1 atom stereocenters. The van der Waals surface area contributed by atoms with E-state index >= 15 is 0 Å². The van der Waals surface area contributed by atoms with Gasteiger partial charge in [-0.25, -0.2) is 8.42 Å². The van der Waals surface area contributed by atoms with Crippen LogP contribution in [0, 0.1) is 5.92 Å². The molecule has 9 heteroatoms. The highest BCUT2D eigenvalue weighted by atomic mass is 32.2. The standard InChI is InChI=1S/C27H37N3O5S/c1-6-25(27(33)28-18-20(2)3)29(16-15-22-11-8-7-9-12-22)26(32)19-30(36(5,34)35)24-14-10-13-23(17-24)21(4)31/h7-14,17,20,25H,6,15-16,18-19H2,1-5H3,(H,28,33)/t25-/m0/s1. The average Bonchev–Trinajstić information content (AvgIpc) is 2.83. The second-order valence-electron chi connectivity index (χ2n) is 9.26. The van der Waals surface area contributed by atoms with Crippen LogP contribution < -0.4 is 9.62 Å². The molecular weight excluding hydrogens is 478 g/mol. The van der Waals surface area contributed by atoms with Gasteiger partial charge in [-0.1, -0.05) is 63.2 Å². The van der Waals surface area contributed by atoms with Crippen molar-refractivity contribution in [1.82, 2.24) is 10.2 Å². The lowest BCUT2D eigenvalue weighted by atomic mass is 10.1. The number of hydrogen-bond acceptors (Lipinski definition) is 5. The highest BCUT2D eigenvalue weighted by Gasteiger charge is 2.31. The van der Waals surface area contributed by atoms with Crippen LogP contribution in [0.4, 0.5) is 5.69 Å². The Labute approximate surface area is 214 Å². The Morgan fingerprint density at radius 1 is 1.00 bits per heavy atom. The third kappa shape index (κ3) is 8.48. The molecule has 2 aromatic rings. The molecule has 0 aliphatic heterocycles. The first-order valence-electron chi connectivity index (χ1n) is 12.1. The zero-order valence-corrected chi connectivity index (χ0v) is 22.5. The topological polar surface area (TPSA) is 104 Å². The van der Waals surface area contributed by atoms with Crippen molar-refractivity contribution in [2.75, 3.05) is 30.2 Å². The van der Waals surface area contributed by atoms with Gasteiger partial charge in [0.15, 0.2) is 5.78 Å². The van der Waals surface area contributed by atoms with Crippen molar-refractivity contribution < 1.29 is 22.8 Å². The van der Waals surface area contributed by atoms with E-state index in [-0.39, 0.29) is 29.8 Å². The monoisotopic (exact) mass is 515 g/mol. The number of carbonyl (C=O) groups is 3. The zero-order valence-electron chi connectivity index (χ0n) is 21.7. The molecule has 0 aliphatic carbocycles. The summed E-state index contributed by atoms with van der Waals surface area (Å²) in [4.78, 5) is 40.0. The molecule has 0 saturated heterocycles. The van der Waals surface area contributed by atoms with Crippen molar-refractivity contribution in [2.45, 2.75) is 46.6 Å². The number of ketones is 1. The summed E-state index contributed by atoms with van der Waals surface area (Å²) in [5, 5.41) is 2.90. The first-order valence-corrected chi connectivity index (χ1v) is 14.0. The minimum absolute atomic E-state index is 0.214. The Hall–Kier alpha value is -3.20. The molecule has 0 aromatic heterocycles. The summed E-state index contributed by atoms with van der Waals surface area (Å²) < 4.78 is 26.4. The third-order valence-corrected chi connectivity index (χ3v) is 6.92. The van der Waals surface area contributed by atoms with Crippen LogP contribution in [0.5, 0.6) is 0 Å². The summed E-state index contributed by atoms with van der Waals surface area (Å²) >= 11 is 0. The van der Waals surface area contributed by atoms with Crippen LogP contribution in [0.15, 0.2) is 54.6 Å². The summed E-state index contributed by atoms with van der Waals surface area (Å²) in [5.74, 6) is -0.726. The molecule has 2 aromatic carbocycles. The highest BCUT2D eigenvalue weighted by molar-refractivity contribution is 7.92. The van der Waals surface area contributed by atoms with Gasteiger partial charge >= 0.3 is 0 Å². The predicted octanol–water partition coefficient (Wildman–Crippen LogP) is 3.28. The Kier molecular flexibility index (Phi) is 10.6. The van der Waals surface area contributed by atoms with Crippen LogP contribution in [0.2, 0.25) is 0 Å². The first kappa shape index (κ1) is 29.0. The third-order valence-electron chi connectivity index (χ3n) is 5.77. The molecular formula is C27H37N3O5S. The van der Waals surface area contributed by atoms with Gasteiger partial charge in [-0.2, -0.15) is 0 Å². The normalized spacial score (nSPS) is 12.2. The molecule has 36 heavy (non-hydrogen) atoms. The number of amides is 2. The number of sulfonamides is 1. The van der Waals surface area contributed by atoms with Crippen molar-refractivity contribution in [3.05, 3.63) is 65.7 Å². The van der Waals surface area contributed by atoms with Crippen molar-refractivity contribution in [3.63, 3.8) is 0 Å². The van der Waals surface area contributed by atoms with Crippen molar-refractivity contribution in [3.8, 4) is 0 Å². The van der Waals surface area contributed by atoms with Crippen LogP contribution in [-0.4, -0.2) is 62.8 Å². The average molecular weight is 516 g/mol. The number of carbonyl (C=O) groups excluding carboxylic acids is 3. The summed E-state index contributed by atoms with van der Waals surface area (Å²) in [6.07, 6.45) is 1.91. The van der Waals surface area contributed by atoms with E-state index in [9.17, 15) is 22.8 Å². The fraction of sp³-hybridized carbons (Fsp3) is 0.444. The highest BCUT2D eigenvalue weighted by Crippen LogP contribution is 2.21. The number of anilines is 1. The van der Waals surface area contributed by atoms with E-state index in [0.29, 0.717) is 24.9 Å². The van der Waals surface area contributed by atoms with Crippen LogP contribution >= 0.6 is 0 Å². The van der Waals surface area contributed by atoms with E-state index in [1.54, 1.807) is 18.2 Å². The van der Waals surface area contributed by atoms with Crippen molar-refractivity contribution in [1.29, 1.82) is 0 Å². The van der Waals surface area contributed by atoms with Crippen molar-refractivity contribution in [2.24, 2.45) is 5.92 Å². The molecule has 8 nitrogen and oxygen atoms in total. The molecule has 0 radical (unpaired) electrons. The van der Waals surface area contributed by atoms with Gasteiger partial charge in [-0.3, -0.25) is 18.7 Å². The van der Waals surface area contributed by atoms with Gasteiger partial charge in [0, 0.05) is 18.7 Å². The number of rotatable bonds is 13. The van der Waals surface area contributed by atoms with E-state index < -0.39 is 28.5 Å². The number of hydrogen-bond donors (Lipinski definition) is 1. The molecule has 2 rings (SSSR count). The summed E-state index contributed by atoms with van der Waals surface area (Å²) in [6.45, 7) is 7.43. The second-order valence-corrected chi connectivity index (χ2v) is 11.2. The zero-order chi connectivity index (χ0) is 26.9. The lowest BCUT2D eigenvalue weighted by molar-refractivity contribution is -0.139. The molecule has 0 heterocycles. The molecule has 196 valence electrons. The Morgan fingerprint density at radius 2 is 1.67 bits per heavy atom. The minimum Gasteiger partial charge on any atom is -0.354 e. The Morgan fingerprint density at radius 3 is 2.22 bits per heavy atom. The minimum atomic E-state index is -3.86. The van der Waals surface area contributed by atoms with Crippen LogP contribution in [-0.2, 0) is 26.0 Å². The van der Waals surface area contributed by atoms with E-state index in [2.05, 4.69) is 5.32 Å². The number of Topliss-reactive ketones (excluding diaryl/α,β-unsaturated/α-hetero) is 1. The summed E-state index contributed by atoms with van der Waals surface area (Å²) in [5.41, 5.74) is 1.56. The van der Waals surface area contributed by atoms with Gasteiger partial charge in [0.1, 0.15) is 12.6 Å². The molecule has 0 spiro atoms. The first-order chi connectivity index (χ1) is 16.9. The molecule has 0 bridgehead atoms. The van der Waals surface area contributed by atoms with E-state index in [1.807, 2.05) is 51.1 Å². The van der Waals surface area contributed by atoms with Crippen LogP contribution in [0.25, 0.3) is 0 Å². The summed E-state index contributed by atoms with van der Waals surface area (Å²) in [6, 6.07) is 15.0. The lowest BCUT2D eigenvalue weighted by Crippen LogP contribution is -2.53. The maximum Gasteiger partial charge on any atom is 0.244 e. The van der Waals surface area contributed by atoms with Crippen molar-refractivity contribution >= 4 is 33.3 Å². The van der Waals surface area contributed by atoms with Crippen LogP contribution in [0.3, 0.4) is 0 Å². The van der Waals surface area contributed by atoms with Gasteiger partial charge in [0.2, 0.25) is 21.8 Å². The number of benzene rings is 2. The van der Waals surface area contributed by atoms with E-state index in [0.717, 1.165) is 16.1 Å².